The minimum atomic E-state index is -0.371. The lowest BCUT2D eigenvalue weighted by atomic mass is 10.2. The van der Waals surface area contributed by atoms with Crippen LogP contribution in [-0.2, 0) is 4.79 Å². The second kappa shape index (κ2) is 8.85. The van der Waals surface area contributed by atoms with E-state index < -0.39 is 0 Å². The van der Waals surface area contributed by atoms with Crippen molar-refractivity contribution in [1.82, 2.24) is 10.2 Å². The van der Waals surface area contributed by atoms with E-state index in [0.29, 0.717) is 30.8 Å². The maximum absolute atomic E-state index is 12.7. The first kappa shape index (κ1) is 21.0. The van der Waals surface area contributed by atoms with Gasteiger partial charge in [-0.05, 0) is 42.0 Å². The van der Waals surface area contributed by atoms with Crippen molar-refractivity contribution in [2.45, 2.75) is 0 Å². The Hall–Kier alpha value is -2.26. The van der Waals surface area contributed by atoms with Gasteiger partial charge >= 0.3 is 0 Å². The molecular formula is C20H14Cl2N2O4S2. The fourth-order valence-corrected chi connectivity index (χ4v) is 4.58. The second-order valence-electron chi connectivity index (χ2n) is 6.33. The highest BCUT2D eigenvalue weighted by molar-refractivity contribution is 8.26. The van der Waals surface area contributed by atoms with Crippen molar-refractivity contribution in [3.63, 3.8) is 0 Å². The highest BCUT2D eigenvalue weighted by atomic mass is 35.5. The van der Waals surface area contributed by atoms with E-state index in [2.05, 4.69) is 5.32 Å². The number of carbonyl (C=O) groups excluding carboxylic acids is 2. The summed E-state index contributed by atoms with van der Waals surface area (Å²) in [5, 5.41) is 3.45. The lowest BCUT2D eigenvalue weighted by molar-refractivity contribution is -0.122. The van der Waals surface area contributed by atoms with Gasteiger partial charge in [-0.25, -0.2) is 0 Å². The van der Waals surface area contributed by atoms with Crippen LogP contribution in [0.25, 0.3) is 6.08 Å². The molecule has 154 valence electrons. The lowest BCUT2D eigenvalue weighted by Crippen LogP contribution is -2.37. The Labute approximate surface area is 192 Å². The topological polar surface area (TPSA) is 67.9 Å². The highest BCUT2D eigenvalue weighted by Crippen LogP contribution is 2.36. The van der Waals surface area contributed by atoms with E-state index in [1.54, 1.807) is 24.3 Å². The third-order valence-electron chi connectivity index (χ3n) is 4.36. The molecule has 1 saturated heterocycles. The largest absolute Gasteiger partial charge is 0.454 e. The van der Waals surface area contributed by atoms with Crippen LogP contribution in [0.5, 0.6) is 11.5 Å². The third-order valence-corrected chi connectivity index (χ3v) is 6.30. The molecule has 30 heavy (non-hydrogen) atoms. The molecule has 2 aliphatic rings. The second-order valence-corrected chi connectivity index (χ2v) is 8.85. The number of hydrogen-bond donors (Lipinski definition) is 1. The van der Waals surface area contributed by atoms with Crippen LogP contribution < -0.4 is 14.8 Å². The van der Waals surface area contributed by atoms with Gasteiger partial charge < -0.3 is 14.8 Å². The van der Waals surface area contributed by atoms with Crippen molar-refractivity contribution in [2.75, 3.05) is 19.9 Å². The molecule has 0 saturated carbocycles. The van der Waals surface area contributed by atoms with Crippen LogP contribution in [-0.4, -0.2) is 40.9 Å². The summed E-state index contributed by atoms with van der Waals surface area (Å²) in [6.45, 7) is 0.644. The smallest absolute Gasteiger partial charge is 0.266 e. The monoisotopic (exact) mass is 480 g/mol. The van der Waals surface area contributed by atoms with Crippen LogP contribution >= 0.6 is 47.2 Å². The predicted octanol–water partition coefficient (Wildman–Crippen LogP) is 4.35. The van der Waals surface area contributed by atoms with Gasteiger partial charge in [-0.1, -0.05) is 53.2 Å². The molecule has 0 atom stereocenters. The average Bonchev–Trinajstić information content (AvgIpc) is 3.29. The first-order valence-corrected chi connectivity index (χ1v) is 10.8. The van der Waals surface area contributed by atoms with E-state index in [-0.39, 0.29) is 37.3 Å². The number of amides is 2. The third kappa shape index (κ3) is 4.41. The summed E-state index contributed by atoms with van der Waals surface area (Å²) in [4.78, 5) is 27.0. The number of rotatable bonds is 5. The van der Waals surface area contributed by atoms with Crippen LogP contribution in [0.15, 0.2) is 41.3 Å². The maximum Gasteiger partial charge on any atom is 0.266 e. The highest BCUT2D eigenvalue weighted by Gasteiger charge is 2.31. The predicted molar refractivity (Wildman–Crippen MR) is 121 cm³/mol. The summed E-state index contributed by atoms with van der Waals surface area (Å²) in [5.74, 6) is 0.735. The van der Waals surface area contributed by atoms with Gasteiger partial charge in [-0.15, -0.1) is 0 Å². The van der Waals surface area contributed by atoms with Crippen LogP contribution in [0.1, 0.15) is 15.9 Å². The number of nitrogens with zero attached hydrogens (tertiary/aromatic N) is 1. The van der Waals surface area contributed by atoms with E-state index in [1.807, 2.05) is 12.1 Å². The van der Waals surface area contributed by atoms with Gasteiger partial charge in [0.15, 0.2) is 11.5 Å². The van der Waals surface area contributed by atoms with Crippen molar-refractivity contribution in [3.05, 3.63) is 62.5 Å². The molecule has 0 unspecified atom stereocenters. The van der Waals surface area contributed by atoms with Crippen molar-refractivity contribution in [1.29, 1.82) is 0 Å². The lowest BCUT2D eigenvalue weighted by Gasteiger charge is -2.15. The Balaban J connectivity index is 1.38. The van der Waals surface area contributed by atoms with Gasteiger partial charge in [0.2, 0.25) is 6.79 Å². The molecule has 4 rings (SSSR count). The van der Waals surface area contributed by atoms with Gasteiger partial charge in [-0.3, -0.25) is 14.5 Å². The van der Waals surface area contributed by atoms with Crippen LogP contribution in [0.4, 0.5) is 0 Å². The molecule has 0 aromatic heterocycles. The molecule has 0 aliphatic carbocycles. The van der Waals surface area contributed by atoms with E-state index >= 15 is 0 Å². The Morgan fingerprint density at radius 1 is 1.20 bits per heavy atom. The zero-order chi connectivity index (χ0) is 21.3. The summed E-state index contributed by atoms with van der Waals surface area (Å²) in [7, 11) is 0. The molecule has 0 bridgehead atoms. The first-order valence-electron chi connectivity index (χ1n) is 8.80. The summed E-state index contributed by atoms with van der Waals surface area (Å²) < 4.78 is 11.1. The number of thiocarbonyl (C=S) groups is 1. The number of fused-ring (bicyclic) bond motifs is 1. The SMILES string of the molecule is O=C(NCCN1C(=O)/C(=C\c2ccc3c(c2)OCO3)SC1=S)c1cc(Cl)ccc1Cl. The van der Waals surface area contributed by atoms with E-state index in [9.17, 15) is 9.59 Å². The Kier molecular flexibility index (Phi) is 6.19. The Bertz CT molecular complexity index is 1090. The van der Waals surface area contributed by atoms with Crippen molar-refractivity contribution < 1.29 is 19.1 Å². The van der Waals surface area contributed by atoms with Crippen molar-refractivity contribution in [3.8, 4) is 11.5 Å². The summed E-state index contributed by atoms with van der Waals surface area (Å²) in [6, 6.07) is 10.1. The maximum atomic E-state index is 12.7. The fourth-order valence-electron chi connectivity index (χ4n) is 2.90. The van der Waals surface area contributed by atoms with Gasteiger partial charge in [0.1, 0.15) is 4.32 Å². The standard InChI is InChI=1S/C20H14Cl2N2O4S2/c21-12-2-3-14(22)13(9-12)18(25)23-5-6-24-19(26)17(30-20(24)29)8-11-1-4-15-16(7-11)28-10-27-15/h1-4,7-9H,5-6,10H2,(H,23,25)/b17-8+. The molecule has 10 heteroatoms. The first-order chi connectivity index (χ1) is 14.4. The number of hydrogen-bond acceptors (Lipinski definition) is 6. The summed E-state index contributed by atoms with van der Waals surface area (Å²) in [6.07, 6.45) is 1.76. The fraction of sp³-hybridized carbons (Fsp3) is 0.150. The number of carbonyl (C=O) groups is 2. The quantitative estimate of drug-likeness (QED) is 0.506. The molecule has 2 amide bonds. The Morgan fingerprint density at radius 3 is 2.83 bits per heavy atom. The number of thioether (sulfide) groups is 1. The molecular weight excluding hydrogens is 467 g/mol. The normalized spacial score (nSPS) is 16.5. The number of nitrogens with one attached hydrogen (secondary N) is 1. The van der Waals surface area contributed by atoms with Crippen LogP contribution in [0.3, 0.4) is 0 Å². The number of halogens is 2. The number of ether oxygens (including phenoxy) is 2. The molecule has 1 fully saturated rings. The van der Waals surface area contributed by atoms with E-state index in [0.717, 1.165) is 5.56 Å². The van der Waals surface area contributed by atoms with Gasteiger partial charge in [0, 0.05) is 18.1 Å². The average molecular weight is 481 g/mol. The molecule has 0 radical (unpaired) electrons. The van der Waals surface area contributed by atoms with Gasteiger partial charge in [0.05, 0.1) is 15.5 Å². The zero-order valence-electron chi connectivity index (χ0n) is 15.3. The van der Waals surface area contributed by atoms with Crippen molar-refractivity contribution >= 4 is 69.4 Å². The van der Waals surface area contributed by atoms with Crippen LogP contribution in [0, 0.1) is 0 Å². The van der Waals surface area contributed by atoms with Gasteiger partial charge in [0.25, 0.3) is 11.8 Å². The van der Waals surface area contributed by atoms with Gasteiger partial charge in [-0.2, -0.15) is 0 Å². The zero-order valence-corrected chi connectivity index (χ0v) is 18.5. The molecule has 2 aromatic carbocycles. The molecule has 2 aliphatic heterocycles. The minimum Gasteiger partial charge on any atom is -0.454 e. The molecule has 2 aromatic rings. The molecule has 0 spiro atoms. The molecule has 1 N–H and O–H groups in total. The summed E-state index contributed by atoms with van der Waals surface area (Å²) >= 11 is 18.5. The Morgan fingerprint density at radius 2 is 2.00 bits per heavy atom. The molecule has 6 nitrogen and oxygen atoms in total. The summed E-state index contributed by atoms with van der Waals surface area (Å²) in [5.41, 5.74) is 1.08. The van der Waals surface area contributed by atoms with E-state index in [4.69, 9.17) is 44.9 Å². The minimum absolute atomic E-state index is 0.188. The number of benzene rings is 2. The molecule has 2 heterocycles. The van der Waals surface area contributed by atoms with E-state index in [1.165, 1.54) is 22.7 Å². The van der Waals surface area contributed by atoms with Crippen molar-refractivity contribution in [2.24, 2.45) is 0 Å². The van der Waals surface area contributed by atoms with Crippen LogP contribution in [0.2, 0.25) is 10.0 Å².